The zero-order valence-corrected chi connectivity index (χ0v) is 17.4. The van der Waals surface area contributed by atoms with E-state index < -0.39 is 6.04 Å². The van der Waals surface area contributed by atoms with Gasteiger partial charge in [0.05, 0.1) is 11.8 Å². The minimum atomic E-state index is -0.786. The Morgan fingerprint density at radius 1 is 1.12 bits per heavy atom. The van der Waals surface area contributed by atoms with Crippen LogP contribution in [0, 0.1) is 23.7 Å². The van der Waals surface area contributed by atoms with Crippen LogP contribution >= 0.6 is 31.9 Å². The molecule has 1 aromatic carbocycles. The number of imide groups is 1. The van der Waals surface area contributed by atoms with Crippen molar-refractivity contribution in [3.8, 4) is 0 Å². The van der Waals surface area contributed by atoms with Crippen molar-refractivity contribution >= 4 is 49.6 Å². The van der Waals surface area contributed by atoms with Crippen LogP contribution < -0.4 is 5.32 Å². The Hall–Kier alpha value is -1.21. The van der Waals surface area contributed by atoms with Crippen molar-refractivity contribution < 1.29 is 14.4 Å². The highest BCUT2D eigenvalue weighted by atomic mass is 79.9. The van der Waals surface area contributed by atoms with Gasteiger partial charge >= 0.3 is 0 Å². The van der Waals surface area contributed by atoms with E-state index in [0.717, 1.165) is 12.0 Å². The minimum absolute atomic E-state index is 0.162. The van der Waals surface area contributed by atoms with E-state index >= 15 is 0 Å². The molecule has 2 saturated carbocycles. The Bertz CT molecular complexity index is 724. The lowest BCUT2D eigenvalue weighted by atomic mass is 9.81. The molecular weight excluding hydrogens is 464 g/mol. The van der Waals surface area contributed by atoms with E-state index in [1.807, 2.05) is 30.3 Å². The molecule has 1 N–H and O–H groups in total. The minimum Gasteiger partial charge on any atom is -0.350 e. The van der Waals surface area contributed by atoms with E-state index in [4.69, 9.17) is 0 Å². The summed E-state index contributed by atoms with van der Waals surface area (Å²) in [5, 5.41) is 2.83. The molecule has 3 aliphatic rings. The van der Waals surface area contributed by atoms with Gasteiger partial charge in [-0.3, -0.25) is 19.3 Å². The van der Waals surface area contributed by atoms with Crippen LogP contribution in [0.15, 0.2) is 30.3 Å². The first-order chi connectivity index (χ1) is 12.4. The molecular formula is C19H20Br2N2O3. The highest BCUT2D eigenvalue weighted by Crippen LogP contribution is 2.60. The van der Waals surface area contributed by atoms with Crippen molar-refractivity contribution in [1.82, 2.24) is 10.2 Å². The van der Waals surface area contributed by atoms with Gasteiger partial charge in [-0.25, -0.2) is 0 Å². The average Bonchev–Trinajstić information content (AvgIpc) is 3.25. The second-order valence-electron chi connectivity index (χ2n) is 7.43. The van der Waals surface area contributed by atoms with Gasteiger partial charge in [0.1, 0.15) is 6.04 Å². The third-order valence-corrected chi connectivity index (χ3v) is 9.30. The van der Waals surface area contributed by atoms with Gasteiger partial charge in [0.15, 0.2) is 0 Å². The Morgan fingerprint density at radius 2 is 1.65 bits per heavy atom. The van der Waals surface area contributed by atoms with Crippen LogP contribution in [0.5, 0.6) is 0 Å². The molecule has 7 heteroatoms. The summed E-state index contributed by atoms with van der Waals surface area (Å²) in [5.41, 5.74) is 0.978. The average molecular weight is 484 g/mol. The molecule has 1 aliphatic heterocycles. The lowest BCUT2D eigenvalue weighted by molar-refractivity contribution is -0.148. The summed E-state index contributed by atoms with van der Waals surface area (Å²) in [5.74, 6) is -0.901. The van der Waals surface area contributed by atoms with Gasteiger partial charge < -0.3 is 5.32 Å². The van der Waals surface area contributed by atoms with Gasteiger partial charge in [-0.1, -0.05) is 62.2 Å². The molecule has 5 nitrogen and oxygen atoms in total. The number of carbonyl (C=O) groups is 3. The number of rotatable bonds is 4. The van der Waals surface area contributed by atoms with Gasteiger partial charge in [0.25, 0.3) is 0 Å². The normalized spacial score (nSPS) is 36.3. The molecule has 138 valence electrons. The number of benzene rings is 1. The van der Waals surface area contributed by atoms with Crippen LogP contribution in [0.25, 0.3) is 0 Å². The van der Waals surface area contributed by atoms with Crippen molar-refractivity contribution in [2.45, 2.75) is 35.6 Å². The predicted octanol–water partition coefficient (Wildman–Crippen LogP) is 2.47. The first-order valence-electron chi connectivity index (χ1n) is 8.88. The monoisotopic (exact) mass is 482 g/mol. The van der Waals surface area contributed by atoms with Crippen LogP contribution in [0.3, 0.4) is 0 Å². The fourth-order valence-electron chi connectivity index (χ4n) is 4.80. The maximum Gasteiger partial charge on any atom is 0.243 e. The second-order valence-corrected chi connectivity index (χ2v) is 9.54. The molecule has 0 spiro atoms. The molecule has 1 heterocycles. The zero-order valence-electron chi connectivity index (χ0n) is 14.3. The quantitative estimate of drug-likeness (QED) is 0.528. The number of alkyl halides is 2. The number of nitrogens with one attached hydrogen (secondary N) is 1. The molecule has 1 aromatic rings. The Kier molecular flexibility index (Phi) is 4.72. The number of hydrogen-bond acceptors (Lipinski definition) is 3. The molecule has 0 radical (unpaired) electrons. The van der Waals surface area contributed by atoms with E-state index in [2.05, 4.69) is 37.2 Å². The lowest BCUT2D eigenvalue weighted by Gasteiger charge is -2.28. The highest BCUT2D eigenvalue weighted by molar-refractivity contribution is 9.12. The smallest absolute Gasteiger partial charge is 0.243 e. The SMILES string of the molecule is C[C@@H](C(=O)NCc1ccccc1)N1C(=O)[C@@H]2[C@@H]3C[C@@H]([C@@H](Br)[C@@H]3Br)[C@@H]2C1=O. The topological polar surface area (TPSA) is 66.5 Å². The number of halogens is 2. The van der Waals surface area contributed by atoms with Gasteiger partial charge in [-0.2, -0.15) is 0 Å². The number of hydrogen-bond donors (Lipinski definition) is 1. The molecule has 3 fully saturated rings. The summed E-state index contributed by atoms with van der Waals surface area (Å²) in [6.45, 7) is 2.02. The largest absolute Gasteiger partial charge is 0.350 e. The zero-order chi connectivity index (χ0) is 18.6. The van der Waals surface area contributed by atoms with Crippen molar-refractivity contribution in [1.29, 1.82) is 0 Å². The Labute approximate surface area is 169 Å². The van der Waals surface area contributed by atoms with Crippen LogP contribution in [0.4, 0.5) is 0 Å². The summed E-state index contributed by atoms with van der Waals surface area (Å²) in [7, 11) is 0. The number of nitrogens with zero attached hydrogens (tertiary/aromatic N) is 1. The summed E-state index contributed by atoms with van der Waals surface area (Å²) >= 11 is 7.35. The molecule has 0 unspecified atom stereocenters. The number of likely N-dealkylation sites (tertiary alicyclic amines) is 1. The van der Waals surface area contributed by atoms with Gasteiger partial charge in [-0.05, 0) is 30.7 Å². The van der Waals surface area contributed by atoms with Crippen molar-refractivity contribution in [2.75, 3.05) is 0 Å². The predicted molar refractivity (Wildman–Crippen MR) is 104 cm³/mol. The molecule has 0 aromatic heterocycles. The first-order valence-corrected chi connectivity index (χ1v) is 10.7. The van der Waals surface area contributed by atoms with E-state index in [-0.39, 0.29) is 51.0 Å². The summed E-state index contributed by atoms with van der Waals surface area (Å²) in [6.07, 6.45) is 0.890. The van der Waals surface area contributed by atoms with Crippen molar-refractivity contribution in [3.63, 3.8) is 0 Å². The molecule has 4 rings (SSSR count). The fourth-order valence-corrected chi connectivity index (χ4v) is 6.68. The molecule has 7 atom stereocenters. The molecule has 3 amide bonds. The number of fused-ring (bicyclic) bond motifs is 5. The summed E-state index contributed by atoms with van der Waals surface area (Å²) < 4.78 is 0. The van der Waals surface area contributed by atoms with Crippen LogP contribution in [-0.4, -0.2) is 38.3 Å². The molecule has 2 aliphatic carbocycles. The number of amides is 3. The Balaban J connectivity index is 1.47. The fraction of sp³-hybridized carbons (Fsp3) is 0.526. The standard InChI is InChI=1S/C19H20Br2N2O3/c1-9(17(24)22-8-10-5-3-2-4-6-10)23-18(25)13-11-7-12(14(13)19(23)26)16(21)15(11)20/h2-6,9,11-16H,7-8H2,1H3,(H,22,24)/t9-,11-,12+,13+,14-,15+,16+/m0/s1. The maximum atomic E-state index is 12.9. The van der Waals surface area contributed by atoms with Gasteiger partial charge in [0, 0.05) is 16.2 Å². The summed E-state index contributed by atoms with van der Waals surface area (Å²) in [6, 6.07) is 8.78. The second kappa shape index (κ2) is 6.75. The van der Waals surface area contributed by atoms with Gasteiger partial charge in [-0.15, -0.1) is 0 Å². The van der Waals surface area contributed by atoms with Crippen molar-refractivity contribution in [2.24, 2.45) is 23.7 Å². The third kappa shape index (κ3) is 2.66. The van der Waals surface area contributed by atoms with E-state index in [9.17, 15) is 14.4 Å². The molecule has 1 saturated heterocycles. The maximum absolute atomic E-state index is 12.9. The molecule has 2 bridgehead atoms. The van der Waals surface area contributed by atoms with E-state index in [0.29, 0.717) is 6.54 Å². The summed E-state index contributed by atoms with van der Waals surface area (Å²) in [4.78, 5) is 40.1. The Morgan fingerprint density at radius 3 is 2.19 bits per heavy atom. The highest BCUT2D eigenvalue weighted by Gasteiger charge is 2.67. The lowest BCUT2D eigenvalue weighted by Crippen LogP contribution is -2.48. The number of carbonyl (C=O) groups excluding carboxylic acids is 3. The van der Waals surface area contributed by atoms with Crippen molar-refractivity contribution in [3.05, 3.63) is 35.9 Å². The van der Waals surface area contributed by atoms with E-state index in [1.54, 1.807) is 6.92 Å². The van der Waals surface area contributed by atoms with Crippen LogP contribution in [0.2, 0.25) is 0 Å². The van der Waals surface area contributed by atoms with Crippen LogP contribution in [0.1, 0.15) is 18.9 Å². The first kappa shape index (κ1) is 18.2. The van der Waals surface area contributed by atoms with Gasteiger partial charge in [0.2, 0.25) is 17.7 Å². The molecule has 26 heavy (non-hydrogen) atoms. The van der Waals surface area contributed by atoms with E-state index in [1.165, 1.54) is 4.90 Å². The third-order valence-electron chi connectivity index (χ3n) is 6.10. The van der Waals surface area contributed by atoms with Crippen LogP contribution in [-0.2, 0) is 20.9 Å².